The monoisotopic (exact) mass is 266 g/mol. The smallest absolute Gasteiger partial charge is 0.123 e. The van der Waals surface area contributed by atoms with Gasteiger partial charge in [0.05, 0.1) is 0 Å². The van der Waals surface area contributed by atoms with Gasteiger partial charge in [0.15, 0.2) is 0 Å². The second-order valence-electron chi connectivity index (χ2n) is 5.94. The first-order valence-corrected chi connectivity index (χ1v) is 7.11. The molecule has 1 aromatic carbocycles. The van der Waals surface area contributed by atoms with E-state index in [0.717, 1.165) is 25.1 Å². The lowest BCUT2D eigenvalue weighted by Gasteiger charge is -2.41. The average molecular weight is 266 g/mol. The van der Waals surface area contributed by atoms with Gasteiger partial charge in [-0.3, -0.25) is 4.90 Å². The van der Waals surface area contributed by atoms with Crippen molar-refractivity contribution in [2.24, 2.45) is 11.7 Å². The van der Waals surface area contributed by atoms with Gasteiger partial charge in [0.25, 0.3) is 0 Å². The number of rotatable bonds is 7. The summed E-state index contributed by atoms with van der Waals surface area (Å²) in [5, 5.41) is 0. The van der Waals surface area contributed by atoms with Crippen LogP contribution in [0.25, 0.3) is 0 Å². The number of benzene rings is 1. The van der Waals surface area contributed by atoms with Crippen LogP contribution >= 0.6 is 0 Å². The van der Waals surface area contributed by atoms with Crippen molar-refractivity contribution in [2.45, 2.75) is 39.7 Å². The van der Waals surface area contributed by atoms with Crippen molar-refractivity contribution >= 4 is 0 Å². The van der Waals surface area contributed by atoms with Gasteiger partial charge in [0, 0.05) is 18.6 Å². The van der Waals surface area contributed by atoms with Crippen molar-refractivity contribution in [3.8, 4) is 0 Å². The lowest BCUT2D eigenvalue weighted by molar-refractivity contribution is 0.102. The molecule has 0 aliphatic carbocycles. The van der Waals surface area contributed by atoms with E-state index >= 15 is 0 Å². The van der Waals surface area contributed by atoms with Crippen LogP contribution in [-0.4, -0.2) is 30.1 Å². The zero-order valence-electron chi connectivity index (χ0n) is 12.6. The molecule has 19 heavy (non-hydrogen) atoms. The molecule has 2 nitrogen and oxygen atoms in total. The molecular weight excluding hydrogens is 239 g/mol. The van der Waals surface area contributed by atoms with Crippen LogP contribution in [0.15, 0.2) is 24.3 Å². The Kier molecular flexibility index (Phi) is 5.95. The van der Waals surface area contributed by atoms with Crippen molar-refractivity contribution in [1.82, 2.24) is 4.90 Å². The van der Waals surface area contributed by atoms with Crippen LogP contribution in [0.4, 0.5) is 4.39 Å². The summed E-state index contributed by atoms with van der Waals surface area (Å²) in [6, 6.07) is 6.74. The molecule has 1 rings (SSSR count). The Hall–Kier alpha value is -0.930. The molecule has 2 N–H and O–H groups in total. The molecule has 1 atom stereocenters. The Morgan fingerprint density at radius 1 is 1.26 bits per heavy atom. The molecule has 1 unspecified atom stereocenters. The van der Waals surface area contributed by atoms with E-state index in [1.807, 2.05) is 12.1 Å². The summed E-state index contributed by atoms with van der Waals surface area (Å²) in [5.74, 6) is 0.423. The maximum atomic E-state index is 13.0. The average Bonchev–Trinajstić information content (AvgIpc) is 2.38. The van der Waals surface area contributed by atoms with Crippen molar-refractivity contribution in [1.29, 1.82) is 0 Å². The van der Waals surface area contributed by atoms with E-state index in [1.165, 1.54) is 12.1 Å². The molecule has 0 saturated carbocycles. The van der Waals surface area contributed by atoms with E-state index in [-0.39, 0.29) is 11.4 Å². The minimum Gasteiger partial charge on any atom is -0.329 e. The Bertz CT molecular complexity index is 375. The van der Waals surface area contributed by atoms with Crippen LogP contribution in [0.3, 0.4) is 0 Å². The molecule has 0 radical (unpaired) electrons. The second kappa shape index (κ2) is 7.01. The largest absolute Gasteiger partial charge is 0.329 e. The Morgan fingerprint density at radius 2 is 1.84 bits per heavy atom. The maximum Gasteiger partial charge on any atom is 0.123 e. The van der Waals surface area contributed by atoms with Gasteiger partial charge in [0.1, 0.15) is 5.82 Å². The molecule has 0 fully saturated rings. The van der Waals surface area contributed by atoms with Crippen molar-refractivity contribution in [3.63, 3.8) is 0 Å². The number of halogens is 1. The number of nitrogens with zero attached hydrogens (tertiary/aromatic N) is 1. The van der Waals surface area contributed by atoms with Crippen molar-refractivity contribution in [2.75, 3.05) is 19.6 Å². The lowest BCUT2D eigenvalue weighted by Crippen LogP contribution is -2.54. The molecular formula is C16H27FN2. The Balaban J connectivity index is 2.85. The number of likely N-dealkylation sites (N-methyl/N-ethyl adjacent to an activating group) is 1. The van der Waals surface area contributed by atoms with Gasteiger partial charge in [0.2, 0.25) is 0 Å². The summed E-state index contributed by atoms with van der Waals surface area (Å²) >= 11 is 0. The third kappa shape index (κ3) is 4.59. The SMILES string of the molecule is CCN(CC(C)C)C(C)(CN)Cc1ccc(F)cc1. The Morgan fingerprint density at radius 3 is 2.26 bits per heavy atom. The lowest BCUT2D eigenvalue weighted by atomic mass is 9.90. The molecule has 3 heteroatoms. The zero-order valence-corrected chi connectivity index (χ0v) is 12.6. The Labute approximate surface area is 116 Å². The topological polar surface area (TPSA) is 29.3 Å². The molecule has 0 aromatic heterocycles. The third-order valence-electron chi connectivity index (χ3n) is 3.67. The predicted molar refractivity (Wildman–Crippen MR) is 79.6 cm³/mol. The van der Waals surface area contributed by atoms with E-state index in [2.05, 4.69) is 32.6 Å². The van der Waals surface area contributed by atoms with E-state index in [9.17, 15) is 4.39 Å². The first-order chi connectivity index (χ1) is 8.91. The second-order valence-corrected chi connectivity index (χ2v) is 5.94. The quantitative estimate of drug-likeness (QED) is 0.822. The van der Waals surface area contributed by atoms with Gasteiger partial charge >= 0.3 is 0 Å². The zero-order chi connectivity index (χ0) is 14.5. The molecule has 1 aromatic rings. The standard InChI is InChI=1S/C16H27FN2/c1-5-19(11-13(2)3)16(4,12-18)10-14-6-8-15(17)9-7-14/h6-9,13H,5,10-12,18H2,1-4H3. The van der Waals surface area contributed by atoms with Gasteiger partial charge < -0.3 is 5.73 Å². The first-order valence-electron chi connectivity index (χ1n) is 7.11. The molecule has 0 aliphatic rings. The molecule has 0 heterocycles. The van der Waals surface area contributed by atoms with Gasteiger partial charge in [-0.25, -0.2) is 4.39 Å². The summed E-state index contributed by atoms with van der Waals surface area (Å²) in [7, 11) is 0. The molecule has 0 amide bonds. The minimum atomic E-state index is -0.187. The highest BCUT2D eigenvalue weighted by Crippen LogP contribution is 2.21. The summed E-state index contributed by atoms with van der Waals surface area (Å²) in [4.78, 5) is 2.43. The van der Waals surface area contributed by atoms with Crippen LogP contribution in [0, 0.1) is 11.7 Å². The summed E-state index contributed by atoms with van der Waals surface area (Å²) < 4.78 is 13.0. The summed E-state index contributed by atoms with van der Waals surface area (Å²) in [6.45, 7) is 11.4. The van der Waals surface area contributed by atoms with Gasteiger partial charge in [-0.2, -0.15) is 0 Å². The number of hydrogen-bond acceptors (Lipinski definition) is 2. The van der Waals surface area contributed by atoms with Crippen LogP contribution in [0.1, 0.15) is 33.3 Å². The molecule has 108 valence electrons. The maximum absolute atomic E-state index is 13.0. The third-order valence-corrected chi connectivity index (χ3v) is 3.67. The fraction of sp³-hybridized carbons (Fsp3) is 0.625. The van der Waals surface area contributed by atoms with Crippen LogP contribution in [0.2, 0.25) is 0 Å². The van der Waals surface area contributed by atoms with Crippen molar-refractivity contribution < 1.29 is 4.39 Å². The van der Waals surface area contributed by atoms with E-state index in [4.69, 9.17) is 5.73 Å². The highest BCUT2D eigenvalue weighted by molar-refractivity contribution is 5.19. The minimum absolute atomic E-state index is 0.0726. The van der Waals surface area contributed by atoms with Crippen LogP contribution < -0.4 is 5.73 Å². The van der Waals surface area contributed by atoms with Crippen LogP contribution in [-0.2, 0) is 6.42 Å². The van der Waals surface area contributed by atoms with Gasteiger partial charge in [-0.1, -0.05) is 32.9 Å². The molecule has 0 aliphatic heterocycles. The van der Waals surface area contributed by atoms with E-state index in [0.29, 0.717) is 12.5 Å². The normalized spacial score (nSPS) is 14.9. The molecule has 0 saturated heterocycles. The fourth-order valence-corrected chi connectivity index (χ4v) is 2.53. The first kappa shape index (κ1) is 16.1. The van der Waals surface area contributed by atoms with Crippen LogP contribution in [0.5, 0.6) is 0 Å². The molecule has 0 spiro atoms. The molecule has 0 bridgehead atoms. The number of nitrogens with two attached hydrogens (primary N) is 1. The summed E-state index contributed by atoms with van der Waals surface area (Å²) in [6.07, 6.45) is 0.852. The van der Waals surface area contributed by atoms with Crippen molar-refractivity contribution in [3.05, 3.63) is 35.6 Å². The highest BCUT2D eigenvalue weighted by Gasteiger charge is 2.30. The predicted octanol–water partition coefficient (Wildman–Crippen LogP) is 3.06. The van der Waals surface area contributed by atoms with Gasteiger partial charge in [-0.15, -0.1) is 0 Å². The fourth-order valence-electron chi connectivity index (χ4n) is 2.53. The van der Waals surface area contributed by atoms with E-state index in [1.54, 1.807) is 0 Å². The number of hydrogen-bond donors (Lipinski definition) is 1. The summed E-state index contributed by atoms with van der Waals surface area (Å²) in [5.41, 5.74) is 7.08. The highest BCUT2D eigenvalue weighted by atomic mass is 19.1. The van der Waals surface area contributed by atoms with E-state index < -0.39 is 0 Å². The van der Waals surface area contributed by atoms with Gasteiger partial charge in [-0.05, 0) is 43.5 Å².